The minimum absolute atomic E-state index is 0.0629. The van der Waals surface area contributed by atoms with Gasteiger partial charge < -0.3 is 4.90 Å². The molecule has 14 heavy (non-hydrogen) atoms. The Labute approximate surface area is 80.4 Å². The third kappa shape index (κ3) is 1.23. The van der Waals surface area contributed by atoms with Gasteiger partial charge >= 0.3 is 0 Å². The van der Waals surface area contributed by atoms with E-state index < -0.39 is 5.82 Å². The summed E-state index contributed by atoms with van der Waals surface area (Å²) in [6, 6.07) is 5.75. The number of carbonyl (C=O) groups is 1. The number of amides is 1. The molecular weight excluding hydrogens is 183 g/mol. The molecule has 1 saturated heterocycles. The predicted octanol–water partition coefficient (Wildman–Crippen LogP) is 1.43. The summed E-state index contributed by atoms with van der Waals surface area (Å²) >= 11 is 0. The first kappa shape index (κ1) is 8.70. The van der Waals surface area contributed by atoms with Crippen molar-refractivity contribution in [2.75, 3.05) is 11.4 Å². The standard InChI is InChI=1S/C10H7FN2O/c11-8-2-1-7(6-12)9(5-8)13-4-3-10(13)14/h1-2,5H,3-4H2. The van der Waals surface area contributed by atoms with E-state index in [0.29, 0.717) is 24.2 Å². The first-order chi connectivity index (χ1) is 6.72. The largest absolute Gasteiger partial charge is 0.310 e. The molecule has 1 fully saturated rings. The summed E-state index contributed by atoms with van der Waals surface area (Å²) in [4.78, 5) is 12.5. The molecule has 0 N–H and O–H groups in total. The third-order valence-electron chi connectivity index (χ3n) is 2.22. The van der Waals surface area contributed by atoms with Gasteiger partial charge in [0.15, 0.2) is 0 Å². The lowest BCUT2D eigenvalue weighted by atomic mass is 10.1. The van der Waals surface area contributed by atoms with Gasteiger partial charge in [-0.3, -0.25) is 4.79 Å². The minimum Gasteiger partial charge on any atom is -0.310 e. The average molecular weight is 190 g/mol. The molecule has 0 unspecified atom stereocenters. The molecule has 2 rings (SSSR count). The molecule has 0 aliphatic carbocycles. The van der Waals surface area contributed by atoms with Crippen molar-refractivity contribution in [3.05, 3.63) is 29.6 Å². The summed E-state index contributed by atoms with van der Waals surface area (Å²) in [5.74, 6) is -0.495. The maximum atomic E-state index is 12.9. The molecule has 3 nitrogen and oxygen atoms in total. The van der Waals surface area contributed by atoms with E-state index >= 15 is 0 Å². The van der Waals surface area contributed by atoms with Crippen LogP contribution in [0.3, 0.4) is 0 Å². The lowest BCUT2D eigenvalue weighted by molar-refractivity contribution is -0.122. The van der Waals surface area contributed by atoms with Crippen LogP contribution in [0, 0.1) is 17.1 Å². The van der Waals surface area contributed by atoms with Crippen molar-refractivity contribution in [1.82, 2.24) is 0 Å². The maximum absolute atomic E-state index is 12.9. The van der Waals surface area contributed by atoms with E-state index in [0.717, 1.165) is 0 Å². The molecule has 0 aromatic heterocycles. The molecule has 1 aliphatic heterocycles. The van der Waals surface area contributed by atoms with Crippen LogP contribution in [0.1, 0.15) is 12.0 Å². The Hall–Kier alpha value is -1.89. The quantitative estimate of drug-likeness (QED) is 0.629. The highest BCUT2D eigenvalue weighted by Gasteiger charge is 2.27. The van der Waals surface area contributed by atoms with Gasteiger partial charge in [0.2, 0.25) is 5.91 Å². The second-order valence-electron chi connectivity index (χ2n) is 3.07. The van der Waals surface area contributed by atoms with Crippen LogP contribution >= 0.6 is 0 Å². The SMILES string of the molecule is N#Cc1ccc(F)cc1N1CCC1=O. The number of carbonyl (C=O) groups excluding carboxylic acids is 1. The zero-order valence-electron chi connectivity index (χ0n) is 7.33. The fraction of sp³-hybridized carbons (Fsp3) is 0.200. The molecular formula is C10H7FN2O. The number of nitrogens with zero attached hydrogens (tertiary/aromatic N) is 2. The van der Waals surface area contributed by atoms with E-state index in [1.54, 1.807) is 0 Å². The molecule has 70 valence electrons. The fourth-order valence-corrected chi connectivity index (χ4v) is 1.39. The second-order valence-corrected chi connectivity index (χ2v) is 3.07. The fourth-order valence-electron chi connectivity index (χ4n) is 1.39. The summed E-state index contributed by atoms with van der Waals surface area (Å²) in [5, 5.41) is 8.75. The van der Waals surface area contributed by atoms with E-state index in [-0.39, 0.29) is 5.91 Å². The average Bonchev–Trinajstić information content (AvgIpc) is 2.16. The van der Waals surface area contributed by atoms with Crippen molar-refractivity contribution in [3.8, 4) is 6.07 Å². The smallest absolute Gasteiger partial charge is 0.228 e. The number of rotatable bonds is 1. The van der Waals surface area contributed by atoms with Crippen molar-refractivity contribution >= 4 is 11.6 Å². The maximum Gasteiger partial charge on any atom is 0.228 e. The number of nitriles is 1. The molecule has 1 aromatic carbocycles. The number of hydrogen-bond acceptors (Lipinski definition) is 2. The van der Waals surface area contributed by atoms with Gasteiger partial charge in [-0.1, -0.05) is 0 Å². The van der Waals surface area contributed by atoms with Crippen LogP contribution in [0.2, 0.25) is 0 Å². The Morgan fingerprint density at radius 1 is 1.50 bits per heavy atom. The van der Waals surface area contributed by atoms with E-state index in [1.807, 2.05) is 6.07 Å². The van der Waals surface area contributed by atoms with Gasteiger partial charge in [0.1, 0.15) is 11.9 Å². The summed E-state index contributed by atoms with van der Waals surface area (Å²) in [5.41, 5.74) is 0.711. The van der Waals surface area contributed by atoms with Gasteiger partial charge in [0.05, 0.1) is 11.3 Å². The van der Waals surface area contributed by atoms with Crippen LogP contribution in [-0.2, 0) is 4.79 Å². The number of halogens is 1. The molecule has 0 saturated carbocycles. The molecule has 1 heterocycles. The van der Waals surface area contributed by atoms with Crippen molar-refractivity contribution < 1.29 is 9.18 Å². The Morgan fingerprint density at radius 3 is 2.79 bits per heavy atom. The summed E-state index contributed by atoms with van der Waals surface area (Å²) in [6.07, 6.45) is 0.474. The Bertz CT molecular complexity index is 436. The van der Waals surface area contributed by atoms with Crippen LogP contribution in [0.4, 0.5) is 10.1 Å². The molecule has 1 aromatic rings. The molecule has 1 aliphatic rings. The van der Waals surface area contributed by atoms with Gasteiger partial charge in [-0.15, -0.1) is 0 Å². The van der Waals surface area contributed by atoms with Gasteiger partial charge in [-0.2, -0.15) is 5.26 Å². The first-order valence-electron chi connectivity index (χ1n) is 4.22. The molecule has 1 amide bonds. The zero-order valence-corrected chi connectivity index (χ0v) is 7.33. The van der Waals surface area contributed by atoms with E-state index in [4.69, 9.17) is 5.26 Å². The summed E-state index contributed by atoms with van der Waals surface area (Å²) in [6.45, 7) is 0.566. The van der Waals surface area contributed by atoms with E-state index in [9.17, 15) is 9.18 Å². The number of anilines is 1. The van der Waals surface area contributed by atoms with Crippen LogP contribution in [-0.4, -0.2) is 12.5 Å². The summed E-state index contributed by atoms with van der Waals surface area (Å²) < 4.78 is 12.9. The van der Waals surface area contributed by atoms with Crippen molar-refractivity contribution in [2.24, 2.45) is 0 Å². The third-order valence-corrected chi connectivity index (χ3v) is 2.22. The Kier molecular flexibility index (Phi) is 1.93. The van der Waals surface area contributed by atoms with Crippen LogP contribution in [0.25, 0.3) is 0 Å². The van der Waals surface area contributed by atoms with Crippen molar-refractivity contribution in [2.45, 2.75) is 6.42 Å². The highest BCUT2D eigenvalue weighted by molar-refractivity contribution is 6.00. The second kappa shape index (κ2) is 3.11. The van der Waals surface area contributed by atoms with Gasteiger partial charge in [0, 0.05) is 13.0 Å². The first-order valence-corrected chi connectivity index (χ1v) is 4.22. The molecule has 0 atom stereocenters. The summed E-state index contributed by atoms with van der Waals surface area (Å²) in [7, 11) is 0. The highest BCUT2D eigenvalue weighted by atomic mass is 19.1. The Balaban J connectivity index is 2.45. The highest BCUT2D eigenvalue weighted by Crippen LogP contribution is 2.26. The minimum atomic E-state index is -0.432. The van der Waals surface area contributed by atoms with Crippen LogP contribution < -0.4 is 4.90 Å². The lowest BCUT2D eigenvalue weighted by Crippen LogP contribution is -2.43. The lowest BCUT2D eigenvalue weighted by Gasteiger charge is -2.31. The number of β-lactam (4-membered cyclic amide) rings is 1. The molecule has 0 spiro atoms. The van der Waals surface area contributed by atoms with Gasteiger partial charge in [-0.25, -0.2) is 4.39 Å². The molecule has 0 bridgehead atoms. The number of benzene rings is 1. The van der Waals surface area contributed by atoms with Crippen LogP contribution in [0.5, 0.6) is 0 Å². The normalized spacial score (nSPS) is 14.9. The van der Waals surface area contributed by atoms with Gasteiger partial charge in [0.25, 0.3) is 0 Å². The van der Waals surface area contributed by atoms with E-state index in [1.165, 1.54) is 23.1 Å². The predicted molar refractivity (Wildman–Crippen MR) is 48.1 cm³/mol. The number of hydrogen-bond donors (Lipinski definition) is 0. The van der Waals surface area contributed by atoms with E-state index in [2.05, 4.69) is 0 Å². The molecule has 4 heteroatoms. The zero-order chi connectivity index (χ0) is 10.1. The topological polar surface area (TPSA) is 44.1 Å². The van der Waals surface area contributed by atoms with Crippen LogP contribution in [0.15, 0.2) is 18.2 Å². The Morgan fingerprint density at radius 2 is 2.29 bits per heavy atom. The molecule has 0 radical (unpaired) electrons. The van der Waals surface area contributed by atoms with Gasteiger partial charge in [-0.05, 0) is 18.2 Å². The van der Waals surface area contributed by atoms with Crippen molar-refractivity contribution in [1.29, 1.82) is 5.26 Å². The monoisotopic (exact) mass is 190 g/mol. The van der Waals surface area contributed by atoms with Crippen molar-refractivity contribution in [3.63, 3.8) is 0 Å².